The van der Waals surface area contributed by atoms with Crippen molar-refractivity contribution in [2.45, 2.75) is 32.1 Å². The van der Waals surface area contributed by atoms with Crippen molar-refractivity contribution in [1.82, 2.24) is 0 Å². The third kappa shape index (κ3) is 5.08. The number of Topliss-reactive ketones (excluding diaryl/α,β-unsaturated/α-hetero) is 1. The van der Waals surface area contributed by atoms with Gasteiger partial charge in [0, 0.05) is 18.4 Å². The van der Waals surface area contributed by atoms with E-state index in [4.69, 9.17) is 0 Å². The number of methoxy groups -OCH3 is 1. The zero-order chi connectivity index (χ0) is 13.4. The highest BCUT2D eigenvalue weighted by atomic mass is 19.1. The third-order valence-electron chi connectivity index (χ3n) is 2.68. The molecule has 0 aromatic heterocycles. The van der Waals surface area contributed by atoms with Crippen LogP contribution in [-0.4, -0.2) is 18.9 Å². The van der Waals surface area contributed by atoms with E-state index in [1.165, 1.54) is 31.4 Å². The summed E-state index contributed by atoms with van der Waals surface area (Å²) in [5, 5.41) is 0. The Hall–Kier alpha value is -1.71. The molecule has 0 aliphatic heterocycles. The van der Waals surface area contributed by atoms with Gasteiger partial charge in [-0.2, -0.15) is 0 Å². The fourth-order valence-corrected chi connectivity index (χ4v) is 1.61. The average Bonchev–Trinajstić information content (AvgIpc) is 2.38. The lowest BCUT2D eigenvalue weighted by Crippen LogP contribution is -2.01. The fourth-order valence-electron chi connectivity index (χ4n) is 1.61. The molecule has 0 unspecified atom stereocenters. The molecule has 0 amide bonds. The molecular weight excluding hydrogens is 235 g/mol. The van der Waals surface area contributed by atoms with Crippen LogP contribution in [0.3, 0.4) is 0 Å². The van der Waals surface area contributed by atoms with E-state index in [9.17, 15) is 14.0 Å². The lowest BCUT2D eigenvalue weighted by Gasteiger charge is -2.01. The molecule has 1 rings (SSSR count). The number of carbonyl (C=O) groups is 2. The molecule has 0 radical (unpaired) electrons. The number of ether oxygens (including phenoxy) is 1. The van der Waals surface area contributed by atoms with Crippen LogP contribution < -0.4 is 0 Å². The smallest absolute Gasteiger partial charge is 0.305 e. The largest absolute Gasteiger partial charge is 0.469 e. The standard InChI is InChI=1S/C14H17FO3/c1-18-14(17)6-4-2-3-5-13(16)11-7-9-12(15)10-8-11/h7-10H,2-6H2,1H3. The van der Waals surface area contributed by atoms with E-state index in [1.807, 2.05) is 0 Å². The van der Waals surface area contributed by atoms with E-state index < -0.39 is 0 Å². The topological polar surface area (TPSA) is 43.4 Å². The van der Waals surface area contributed by atoms with Crippen molar-refractivity contribution in [2.75, 3.05) is 7.11 Å². The predicted octanol–water partition coefficient (Wildman–Crippen LogP) is 3.13. The number of carbonyl (C=O) groups excluding carboxylic acids is 2. The van der Waals surface area contributed by atoms with E-state index in [2.05, 4.69) is 4.74 Å². The summed E-state index contributed by atoms with van der Waals surface area (Å²) in [6.07, 6.45) is 3.08. The van der Waals surface area contributed by atoms with Gasteiger partial charge >= 0.3 is 5.97 Å². The summed E-state index contributed by atoms with van der Waals surface area (Å²) in [7, 11) is 1.36. The van der Waals surface area contributed by atoms with Gasteiger partial charge in [-0.25, -0.2) is 4.39 Å². The minimum Gasteiger partial charge on any atom is -0.469 e. The number of hydrogen-bond donors (Lipinski definition) is 0. The van der Waals surface area contributed by atoms with Crippen molar-refractivity contribution in [3.05, 3.63) is 35.6 Å². The molecular formula is C14H17FO3. The van der Waals surface area contributed by atoms with Gasteiger partial charge in [-0.05, 0) is 37.1 Å². The number of rotatable bonds is 7. The van der Waals surface area contributed by atoms with Crippen molar-refractivity contribution in [2.24, 2.45) is 0 Å². The summed E-state index contributed by atoms with van der Waals surface area (Å²) in [5.74, 6) is -0.558. The SMILES string of the molecule is COC(=O)CCCCCC(=O)c1ccc(F)cc1. The zero-order valence-electron chi connectivity index (χ0n) is 10.4. The third-order valence-corrected chi connectivity index (χ3v) is 2.68. The van der Waals surface area contributed by atoms with Crippen LogP contribution in [0.5, 0.6) is 0 Å². The van der Waals surface area contributed by atoms with E-state index in [-0.39, 0.29) is 17.6 Å². The van der Waals surface area contributed by atoms with Gasteiger partial charge in [-0.1, -0.05) is 6.42 Å². The van der Waals surface area contributed by atoms with Gasteiger partial charge in [0.15, 0.2) is 5.78 Å². The number of halogens is 1. The van der Waals surface area contributed by atoms with Gasteiger partial charge < -0.3 is 4.74 Å². The second-order valence-electron chi connectivity index (χ2n) is 4.07. The Morgan fingerprint density at radius 1 is 1.06 bits per heavy atom. The number of esters is 1. The van der Waals surface area contributed by atoms with Gasteiger partial charge in [0.05, 0.1) is 7.11 Å². The van der Waals surface area contributed by atoms with Crippen LogP contribution in [0.2, 0.25) is 0 Å². The van der Waals surface area contributed by atoms with Crippen LogP contribution >= 0.6 is 0 Å². The van der Waals surface area contributed by atoms with Crippen molar-refractivity contribution < 1.29 is 18.7 Å². The van der Waals surface area contributed by atoms with E-state index in [0.717, 1.165) is 19.3 Å². The average molecular weight is 252 g/mol. The second kappa shape index (κ2) is 7.58. The minimum atomic E-state index is -0.343. The lowest BCUT2D eigenvalue weighted by atomic mass is 10.0. The van der Waals surface area contributed by atoms with E-state index in [0.29, 0.717) is 18.4 Å². The maximum atomic E-state index is 12.7. The van der Waals surface area contributed by atoms with Crippen molar-refractivity contribution in [3.63, 3.8) is 0 Å². The molecule has 4 heteroatoms. The molecule has 0 bridgehead atoms. The van der Waals surface area contributed by atoms with Crippen LogP contribution in [0.1, 0.15) is 42.5 Å². The van der Waals surface area contributed by atoms with Crippen molar-refractivity contribution in [1.29, 1.82) is 0 Å². The Balaban J connectivity index is 2.21. The molecule has 0 saturated heterocycles. The van der Waals surface area contributed by atoms with Gasteiger partial charge in [0.25, 0.3) is 0 Å². The van der Waals surface area contributed by atoms with Crippen LogP contribution in [0.15, 0.2) is 24.3 Å². The summed E-state index contributed by atoms with van der Waals surface area (Å²) < 4.78 is 17.2. The number of unbranched alkanes of at least 4 members (excludes halogenated alkanes) is 2. The Labute approximate surface area is 106 Å². The molecule has 0 saturated carbocycles. The predicted molar refractivity (Wildman–Crippen MR) is 65.8 cm³/mol. The first-order valence-corrected chi connectivity index (χ1v) is 5.99. The molecule has 98 valence electrons. The first-order valence-electron chi connectivity index (χ1n) is 5.99. The maximum Gasteiger partial charge on any atom is 0.305 e. The van der Waals surface area contributed by atoms with Crippen LogP contribution in [0.4, 0.5) is 4.39 Å². The molecule has 18 heavy (non-hydrogen) atoms. The Morgan fingerprint density at radius 2 is 1.67 bits per heavy atom. The normalized spacial score (nSPS) is 10.1. The molecule has 3 nitrogen and oxygen atoms in total. The Bertz CT molecular complexity index is 398. The molecule has 0 fully saturated rings. The fraction of sp³-hybridized carbons (Fsp3) is 0.429. The molecule has 0 atom stereocenters. The molecule has 0 spiro atoms. The summed E-state index contributed by atoms with van der Waals surface area (Å²) in [6.45, 7) is 0. The highest BCUT2D eigenvalue weighted by Gasteiger charge is 2.06. The van der Waals surface area contributed by atoms with Gasteiger partial charge in [0.1, 0.15) is 5.82 Å². The molecule has 1 aromatic carbocycles. The highest BCUT2D eigenvalue weighted by molar-refractivity contribution is 5.95. The molecule has 0 heterocycles. The lowest BCUT2D eigenvalue weighted by molar-refractivity contribution is -0.140. The summed E-state index contributed by atoms with van der Waals surface area (Å²) in [4.78, 5) is 22.5. The quantitative estimate of drug-likeness (QED) is 0.425. The first kappa shape index (κ1) is 14.4. The van der Waals surface area contributed by atoms with Crippen LogP contribution in [0.25, 0.3) is 0 Å². The van der Waals surface area contributed by atoms with E-state index in [1.54, 1.807) is 0 Å². The summed E-state index contributed by atoms with van der Waals surface area (Å²) in [5.41, 5.74) is 0.532. The van der Waals surface area contributed by atoms with Crippen LogP contribution in [-0.2, 0) is 9.53 Å². The van der Waals surface area contributed by atoms with Gasteiger partial charge in [0.2, 0.25) is 0 Å². The summed E-state index contributed by atoms with van der Waals surface area (Å²) >= 11 is 0. The second-order valence-corrected chi connectivity index (χ2v) is 4.07. The minimum absolute atomic E-state index is 0.00747. The number of benzene rings is 1. The van der Waals surface area contributed by atoms with Gasteiger partial charge in [-0.3, -0.25) is 9.59 Å². The van der Waals surface area contributed by atoms with Gasteiger partial charge in [-0.15, -0.1) is 0 Å². The molecule has 1 aromatic rings. The Morgan fingerprint density at radius 3 is 2.28 bits per heavy atom. The first-order chi connectivity index (χ1) is 8.63. The highest BCUT2D eigenvalue weighted by Crippen LogP contribution is 2.10. The zero-order valence-corrected chi connectivity index (χ0v) is 10.4. The maximum absolute atomic E-state index is 12.7. The molecule has 0 N–H and O–H groups in total. The van der Waals surface area contributed by atoms with Crippen molar-refractivity contribution >= 4 is 11.8 Å². The number of hydrogen-bond acceptors (Lipinski definition) is 3. The molecule has 0 aliphatic carbocycles. The molecule has 0 aliphatic rings. The Kier molecular flexibility index (Phi) is 6.05. The monoisotopic (exact) mass is 252 g/mol. The van der Waals surface area contributed by atoms with Crippen LogP contribution in [0, 0.1) is 5.82 Å². The van der Waals surface area contributed by atoms with Crippen molar-refractivity contribution in [3.8, 4) is 0 Å². The number of ketones is 1. The van der Waals surface area contributed by atoms with E-state index >= 15 is 0 Å². The summed E-state index contributed by atoms with van der Waals surface area (Å²) in [6, 6.07) is 5.55.